The van der Waals surface area contributed by atoms with Gasteiger partial charge >= 0.3 is 6.18 Å². The quantitative estimate of drug-likeness (QED) is 0.813. The zero-order valence-electron chi connectivity index (χ0n) is 9.24. The molecule has 0 aliphatic heterocycles. The zero-order valence-corrected chi connectivity index (χ0v) is 9.99. The Morgan fingerprint density at radius 1 is 1.35 bits per heavy atom. The van der Waals surface area contributed by atoms with E-state index >= 15 is 0 Å². The first-order valence-electron chi connectivity index (χ1n) is 5.31. The van der Waals surface area contributed by atoms with Crippen LogP contribution in [-0.4, -0.2) is 10.5 Å². The summed E-state index contributed by atoms with van der Waals surface area (Å²) in [5, 5.41) is 2.86. The Morgan fingerprint density at radius 3 is 2.47 bits per heavy atom. The molecule has 0 unspecified atom stereocenters. The maximum atomic E-state index is 12.6. The number of pyridine rings is 1. The van der Waals surface area contributed by atoms with E-state index in [9.17, 15) is 13.2 Å². The molecule has 0 bridgehead atoms. The second-order valence-electron chi connectivity index (χ2n) is 4.60. The number of nitrogens with one attached hydrogen (secondary N) is 1. The first-order chi connectivity index (χ1) is 7.78. The second-order valence-corrected chi connectivity index (χ2v) is 4.99. The summed E-state index contributed by atoms with van der Waals surface area (Å²) in [6.45, 7) is 1.96. The monoisotopic (exact) mass is 264 g/mol. The highest BCUT2D eigenvalue weighted by atomic mass is 35.5. The molecule has 2 rings (SSSR count). The first kappa shape index (κ1) is 12.5. The maximum absolute atomic E-state index is 12.6. The lowest BCUT2D eigenvalue weighted by Gasteiger charge is -2.39. The average molecular weight is 265 g/mol. The van der Waals surface area contributed by atoms with Gasteiger partial charge in [0.05, 0.1) is 5.56 Å². The molecule has 6 heteroatoms. The molecule has 0 radical (unpaired) electrons. The minimum Gasteiger partial charge on any atom is -0.365 e. The number of aromatic nitrogens is 1. The molecule has 17 heavy (non-hydrogen) atoms. The summed E-state index contributed by atoms with van der Waals surface area (Å²) >= 11 is 5.59. The van der Waals surface area contributed by atoms with Crippen LogP contribution in [0.5, 0.6) is 0 Å². The lowest BCUT2D eigenvalue weighted by Crippen LogP contribution is -2.41. The molecule has 0 spiro atoms. The van der Waals surface area contributed by atoms with Gasteiger partial charge < -0.3 is 5.32 Å². The Bertz CT molecular complexity index is 427. The van der Waals surface area contributed by atoms with Crippen molar-refractivity contribution in [3.05, 3.63) is 22.8 Å². The molecule has 1 N–H and O–H groups in total. The number of hydrogen-bond donors (Lipinski definition) is 1. The van der Waals surface area contributed by atoms with Crippen molar-refractivity contribution in [1.82, 2.24) is 4.98 Å². The molecular formula is C11H12ClF3N2. The van der Waals surface area contributed by atoms with Crippen LogP contribution in [0.25, 0.3) is 0 Å². The van der Waals surface area contributed by atoms with Gasteiger partial charge in [0, 0.05) is 5.54 Å². The molecule has 0 saturated heterocycles. The summed E-state index contributed by atoms with van der Waals surface area (Å²) in [6, 6.07) is 1.82. The predicted molar refractivity (Wildman–Crippen MR) is 60.1 cm³/mol. The van der Waals surface area contributed by atoms with Crippen LogP contribution in [0.1, 0.15) is 31.7 Å². The largest absolute Gasteiger partial charge is 0.416 e. The van der Waals surface area contributed by atoms with Crippen LogP contribution in [0.4, 0.5) is 19.0 Å². The van der Waals surface area contributed by atoms with E-state index in [4.69, 9.17) is 11.6 Å². The van der Waals surface area contributed by atoms with Crippen molar-refractivity contribution in [1.29, 1.82) is 0 Å². The van der Waals surface area contributed by atoms with Gasteiger partial charge in [-0.2, -0.15) is 13.2 Å². The molecule has 0 amide bonds. The number of rotatable bonds is 2. The van der Waals surface area contributed by atoms with Crippen LogP contribution >= 0.6 is 11.6 Å². The average Bonchev–Trinajstić information content (AvgIpc) is 2.13. The Labute approximate surface area is 102 Å². The third-order valence-electron chi connectivity index (χ3n) is 3.01. The van der Waals surface area contributed by atoms with Crippen molar-refractivity contribution in [3.63, 3.8) is 0 Å². The van der Waals surface area contributed by atoms with Gasteiger partial charge in [-0.1, -0.05) is 11.6 Å². The fourth-order valence-corrected chi connectivity index (χ4v) is 2.07. The molecule has 0 aromatic carbocycles. The maximum Gasteiger partial charge on any atom is 0.416 e. The van der Waals surface area contributed by atoms with Gasteiger partial charge in [0.1, 0.15) is 11.0 Å². The Kier molecular flexibility index (Phi) is 2.97. The lowest BCUT2D eigenvalue weighted by molar-refractivity contribution is -0.137. The van der Waals surface area contributed by atoms with E-state index < -0.39 is 11.7 Å². The molecular weight excluding hydrogens is 253 g/mol. The van der Waals surface area contributed by atoms with Crippen molar-refractivity contribution in [2.24, 2.45) is 0 Å². The van der Waals surface area contributed by atoms with Gasteiger partial charge in [-0.15, -0.1) is 0 Å². The molecule has 1 fully saturated rings. The molecule has 1 aromatic heterocycles. The Morgan fingerprint density at radius 2 is 2.00 bits per heavy atom. The summed E-state index contributed by atoms with van der Waals surface area (Å²) < 4.78 is 37.7. The van der Waals surface area contributed by atoms with Crippen LogP contribution in [0.2, 0.25) is 5.15 Å². The zero-order chi connectivity index (χ0) is 12.7. The highest BCUT2D eigenvalue weighted by Crippen LogP contribution is 2.36. The first-order valence-corrected chi connectivity index (χ1v) is 5.69. The van der Waals surface area contributed by atoms with Crippen molar-refractivity contribution >= 4 is 17.4 Å². The minimum absolute atomic E-state index is 0.148. The van der Waals surface area contributed by atoms with E-state index in [1.165, 1.54) is 0 Å². The smallest absolute Gasteiger partial charge is 0.365 e. The normalized spacial score (nSPS) is 18.6. The topological polar surface area (TPSA) is 24.9 Å². The summed E-state index contributed by atoms with van der Waals surface area (Å²) in [5.74, 6) is 0.187. The van der Waals surface area contributed by atoms with Crippen LogP contribution < -0.4 is 5.32 Å². The summed E-state index contributed by atoms with van der Waals surface area (Å²) in [4.78, 5) is 3.87. The number of nitrogens with zero attached hydrogens (tertiary/aromatic N) is 1. The second kappa shape index (κ2) is 4.05. The van der Waals surface area contributed by atoms with Gasteiger partial charge in [-0.05, 0) is 38.3 Å². The van der Waals surface area contributed by atoms with Crippen LogP contribution in [0.15, 0.2) is 12.1 Å². The SMILES string of the molecule is CC1(Nc2cc(C(F)(F)F)cc(Cl)n2)CCC1. The van der Waals surface area contributed by atoms with Gasteiger partial charge in [-0.25, -0.2) is 4.98 Å². The number of hydrogen-bond acceptors (Lipinski definition) is 2. The molecule has 1 heterocycles. The van der Waals surface area contributed by atoms with E-state index in [0.717, 1.165) is 31.4 Å². The van der Waals surface area contributed by atoms with Crippen molar-refractivity contribution in [3.8, 4) is 0 Å². The number of anilines is 1. The standard InChI is InChI=1S/C11H12ClF3N2/c1-10(3-2-4-10)17-9-6-7(11(13,14)15)5-8(12)16-9/h5-6H,2-4H2,1H3,(H,16,17). The fourth-order valence-electron chi connectivity index (χ4n) is 1.87. The highest BCUT2D eigenvalue weighted by molar-refractivity contribution is 6.29. The van der Waals surface area contributed by atoms with E-state index in [2.05, 4.69) is 10.3 Å². The number of halogens is 4. The van der Waals surface area contributed by atoms with Gasteiger partial charge in [0.2, 0.25) is 0 Å². The van der Waals surface area contributed by atoms with E-state index in [-0.39, 0.29) is 16.5 Å². The van der Waals surface area contributed by atoms with E-state index in [1.807, 2.05) is 6.92 Å². The van der Waals surface area contributed by atoms with E-state index in [0.29, 0.717) is 0 Å². The van der Waals surface area contributed by atoms with Crippen LogP contribution in [0.3, 0.4) is 0 Å². The van der Waals surface area contributed by atoms with Crippen molar-refractivity contribution < 1.29 is 13.2 Å². The third kappa shape index (κ3) is 2.83. The van der Waals surface area contributed by atoms with Gasteiger partial charge in [0.25, 0.3) is 0 Å². The summed E-state index contributed by atoms with van der Waals surface area (Å²) in [5.41, 5.74) is -0.927. The highest BCUT2D eigenvalue weighted by Gasteiger charge is 2.34. The lowest BCUT2D eigenvalue weighted by atomic mass is 9.78. The van der Waals surface area contributed by atoms with Crippen molar-refractivity contribution in [2.45, 2.75) is 37.9 Å². The van der Waals surface area contributed by atoms with Gasteiger partial charge in [0.15, 0.2) is 0 Å². The molecule has 1 aromatic rings. The van der Waals surface area contributed by atoms with Crippen LogP contribution in [-0.2, 0) is 6.18 Å². The fraction of sp³-hybridized carbons (Fsp3) is 0.545. The molecule has 1 saturated carbocycles. The Hall–Kier alpha value is -0.970. The van der Waals surface area contributed by atoms with Crippen molar-refractivity contribution in [2.75, 3.05) is 5.32 Å². The molecule has 94 valence electrons. The summed E-state index contributed by atoms with van der Waals surface area (Å²) in [7, 11) is 0. The van der Waals surface area contributed by atoms with E-state index in [1.54, 1.807) is 0 Å². The predicted octanol–water partition coefficient (Wildman–Crippen LogP) is 4.11. The third-order valence-corrected chi connectivity index (χ3v) is 3.20. The van der Waals surface area contributed by atoms with Crippen LogP contribution in [0, 0.1) is 0 Å². The van der Waals surface area contributed by atoms with Gasteiger partial charge in [-0.3, -0.25) is 0 Å². The molecule has 1 aliphatic rings. The molecule has 0 atom stereocenters. The number of alkyl halides is 3. The summed E-state index contributed by atoms with van der Waals surface area (Å²) in [6.07, 6.45) is -1.45. The minimum atomic E-state index is -4.40. The Balaban J connectivity index is 2.25. The molecule has 1 aliphatic carbocycles. The molecule has 2 nitrogen and oxygen atoms in total.